The second-order valence-electron chi connectivity index (χ2n) is 5.85. The summed E-state index contributed by atoms with van der Waals surface area (Å²) in [5.74, 6) is 1.85. The van der Waals surface area contributed by atoms with Gasteiger partial charge < -0.3 is 10.2 Å². The summed E-state index contributed by atoms with van der Waals surface area (Å²) in [6.45, 7) is 0.560. The van der Waals surface area contributed by atoms with Crippen molar-refractivity contribution in [3.63, 3.8) is 0 Å². The van der Waals surface area contributed by atoms with Crippen LogP contribution in [0, 0.1) is 5.92 Å². The van der Waals surface area contributed by atoms with E-state index in [2.05, 4.69) is 10.3 Å². The van der Waals surface area contributed by atoms with Gasteiger partial charge in [0.05, 0.1) is 0 Å². The highest BCUT2D eigenvalue weighted by molar-refractivity contribution is 5.76. The molecule has 1 N–H and O–H groups in total. The zero-order valence-corrected chi connectivity index (χ0v) is 12.6. The summed E-state index contributed by atoms with van der Waals surface area (Å²) in [4.78, 5) is 18.2. The standard InChI is InChI=1S/C16H25N3O/c1-19(2)16-14(8-5-11-17-16)12-18-15(20)10-9-13-6-3-4-7-13/h5,8,11,13H,3-4,6-7,9-10,12H2,1-2H3,(H,18,20). The molecule has 1 fully saturated rings. The van der Waals surface area contributed by atoms with Crippen molar-refractivity contribution in [2.24, 2.45) is 5.92 Å². The molecule has 4 heteroatoms. The van der Waals surface area contributed by atoms with Crippen LogP contribution in [0.15, 0.2) is 18.3 Å². The molecular formula is C16H25N3O. The van der Waals surface area contributed by atoms with Crippen LogP contribution in [0.4, 0.5) is 5.82 Å². The smallest absolute Gasteiger partial charge is 0.220 e. The van der Waals surface area contributed by atoms with E-state index in [1.165, 1.54) is 25.7 Å². The molecule has 0 bridgehead atoms. The Bertz CT molecular complexity index is 439. The molecule has 0 unspecified atom stereocenters. The maximum Gasteiger partial charge on any atom is 0.220 e. The van der Waals surface area contributed by atoms with Crippen LogP contribution in [0.5, 0.6) is 0 Å². The average Bonchev–Trinajstić information content (AvgIpc) is 2.96. The van der Waals surface area contributed by atoms with Gasteiger partial charge in [0.2, 0.25) is 5.91 Å². The van der Waals surface area contributed by atoms with Crippen LogP contribution in [0.3, 0.4) is 0 Å². The van der Waals surface area contributed by atoms with Crippen molar-refractivity contribution in [1.82, 2.24) is 10.3 Å². The summed E-state index contributed by atoms with van der Waals surface area (Å²) in [5, 5.41) is 3.01. The van der Waals surface area contributed by atoms with Crippen molar-refractivity contribution in [2.45, 2.75) is 45.1 Å². The van der Waals surface area contributed by atoms with Crippen molar-refractivity contribution in [3.8, 4) is 0 Å². The van der Waals surface area contributed by atoms with Crippen LogP contribution < -0.4 is 10.2 Å². The van der Waals surface area contributed by atoms with Crippen molar-refractivity contribution in [2.75, 3.05) is 19.0 Å². The van der Waals surface area contributed by atoms with E-state index in [9.17, 15) is 4.79 Å². The number of carbonyl (C=O) groups is 1. The third-order valence-electron chi connectivity index (χ3n) is 4.02. The number of pyridine rings is 1. The molecule has 0 atom stereocenters. The second kappa shape index (κ2) is 7.27. The summed E-state index contributed by atoms with van der Waals surface area (Å²) >= 11 is 0. The molecule has 0 spiro atoms. The van der Waals surface area contributed by atoms with Gasteiger partial charge in [0.1, 0.15) is 5.82 Å². The van der Waals surface area contributed by atoms with Crippen LogP contribution >= 0.6 is 0 Å². The summed E-state index contributed by atoms with van der Waals surface area (Å²) in [6.07, 6.45) is 8.77. The first kappa shape index (κ1) is 14.8. The SMILES string of the molecule is CN(C)c1ncccc1CNC(=O)CCC1CCCC1. The van der Waals surface area contributed by atoms with E-state index < -0.39 is 0 Å². The highest BCUT2D eigenvalue weighted by Gasteiger charge is 2.16. The van der Waals surface area contributed by atoms with Gasteiger partial charge >= 0.3 is 0 Å². The Hall–Kier alpha value is -1.58. The van der Waals surface area contributed by atoms with Gasteiger partial charge in [-0.1, -0.05) is 31.7 Å². The number of hydrogen-bond acceptors (Lipinski definition) is 3. The molecule has 2 rings (SSSR count). The normalized spacial score (nSPS) is 15.3. The fourth-order valence-electron chi connectivity index (χ4n) is 2.89. The maximum absolute atomic E-state index is 11.9. The maximum atomic E-state index is 11.9. The summed E-state index contributed by atoms with van der Waals surface area (Å²) < 4.78 is 0. The molecule has 20 heavy (non-hydrogen) atoms. The lowest BCUT2D eigenvalue weighted by Gasteiger charge is -2.16. The minimum atomic E-state index is 0.158. The Balaban J connectivity index is 1.78. The van der Waals surface area contributed by atoms with Crippen LogP contribution in [-0.4, -0.2) is 25.0 Å². The van der Waals surface area contributed by atoms with Gasteiger partial charge in [-0.25, -0.2) is 4.98 Å². The zero-order chi connectivity index (χ0) is 14.4. The Morgan fingerprint density at radius 1 is 1.40 bits per heavy atom. The summed E-state index contributed by atoms with van der Waals surface area (Å²) in [5.41, 5.74) is 1.06. The molecule has 1 aromatic heterocycles. The quantitative estimate of drug-likeness (QED) is 0.868. The van der Waals surface area contributed by atoms with E-state index in [0.717, 1.165) is 23.7 Å². The van der Waals surface area contributed by atoms with E-state index in [4.69, 9.17) is 0 Å². The molecule has 1 heterocycles. The van der Waals surface area contributed by atoms with Gasteiger partial charge in [-0.05, 0) is 18.4 Å². The first-order chi connectivity index (χ1) is 9.66. The van der Waals surface area contributed by atoms with Crippen molar-refractivity contribution >= 4 is 11.7 Å². The Labute approximate surface area is 121 Å². The molecule has 4 nitrogen and oxygen atoms in total. The number of anilines is 1. The van der Waals surface area contributed by atoms with E-state index in [1.807, 2.05) is 31.1 Å². The van der Waals surface area contributed by atoms with Gasteiger partial charge in [0.15, 0.2) is 0 Å². The summed E-state index contributed by atoms with van der Waals surface area (Å²) in [7, 11) is 3.93. The number of amides is 1. The molecule has 1 aliphatic rings. The second-order valence-corrected chi connectivity index (χ2v) is 5.85. The molecule has 1 saturated carbocycles. The van der Waals surface area contributed by atoms with Crippen molar-refractivity contribution in [3.05, 3.63) is 23.9 Å². The number of hydrogen-bond donors (Lipinski definition) is 1. The minimum absolute atomic E-state index is 0.158. The Morgan fingerprint density at radius 3 is 2.85 bits per heavy atom. The average molecular weight is 275 g/mol. The van der Waals surface area contributed by atoms with Gasteiger partial charge in [-0.2, -0.15) is 0 Å². The van der Waals surface area contributed by atoms with Gasteiger partial charge in [-0.15, -0.1) is 0 Å². The largest absolute Gasteiger partial charge is 0.362 e. The van der Waals surface area contributed by atoms with E-state index in [-0.39, 0.29) is 5.91 Å². The lowest BCUT2D eigenvalue weighted by Crippen LogP contribution is -2.24. The van der Waals surface area contributed by atoms with Crippen molar-refractivity contribution in [1.29, 1.82) is 0 Å². The lowest BCUT2D eigenvalue weighted by atomic mass is 10.0. The van der Waals surface area contributed by atoms with Crippen LogP contribution in [-0.2, 0) is 11.3 Å². The number of carbonyl (C=O) groups excluding carboxylic acids is 1. The third kappa shape index (κ3) is 4.22. The fraction of sp³-hybridized carbons (Fsp3) is 0.625. The Morgan fingerprint density at radius 2 is 2.15 bits per heavy atom. The van der Waals surface area contributed by atoms with Gasteiger partial charge in [0.25, 0.3) is 0 Å². The molecule has 0 saturated heterocycles. The minimum Gasteiger partial charge on any atom is -0.362 e. The first-order valence-corrected chi connectivity index (χ1v) is 7.54. The molecule has 0 radical (unpaired) electrons. The molecule has 1 aromatic rings. The number of rotatable bonds is 6. The predicted octanol–water partition coefficient (Wildman–Crippen LogP) is 2.73. The topological polar surface area (TPSA) is 45.2 Å². The molecule has 0 aromatic carbocycles. The highest BCUT2D eigenvalue weighted by Crippen LogP contribution is 2.28. The fourth-order valence-corrected chi connectivity index (χ4v) is 2.89. The monoisotopic (exact) mass is 275 g/mol. The van der Waals surface area contributed by atoms with E-state index in [0.29, 0.717) is 13.0 Å². The third-order valence-corrected chi connectivity index (χ3v) is 4.02. The first-order valence-electron chi connectivity index (χ1n) is 7.54. The molecule has 0 aliphatic heterocycles. The van der Waals surface area contributed by atoms with Gasteiger partial charge in [0, 0.05) is 38.8 Å². The molecule has 1 amide bonds. The van der Waals surface area contributed by atoms with Crippen molar-refractivity contribution < 1.29 is 4.79 Å². The number of aromatic nitrogens is 1. The zero-order valence-electron chi connectivity index (χ0n) is 12.6. The van der Waals surface area contributed by atoms with Crippen LogP contribution in [0.25, 0.3) is 0 Å². The van der Waals surface area contributed by atoms with Crippen LogP contribution in [0.1, 0.15) is 44.1 Å². The molecular weight excluding hydrogens is 250 g/mol. The number of nitrogens with zero attached hydrogens (tertiary/aromatic N) is 2. The van der Waals surface area contributed by atoms with Crippen LogP contribution in [0.2, 0.25) is 0 Å². The summed E-state index contributed by atoms with van der Waals surface area (Å²) in [6, 6.07) is 3.92. The predicted molar refractivity (Wildman–Crippen MR) is 81.6 cm³/mol. The Kier molecular flexibility index (Phi) is 5.39. The highest BCUT2D eigenvalue weighted by atomic mass is 16.1. The molecule has 110 valence electrons. The number of nitrogens with one attached hydrogen (secondary N) is 1. The van der Waals surface area contributed by atoms with E-state index in [1.54, 1.807) is 6.20 Å². The van der Waals surface area contributed by atoms with E-state index >= 15 is 0 Å². The molecule has 1 aliphatic carbocycles. The van der Waals surface area contributed by atoms with Gasteiger partial charge in [-0.3, -0.25) is 4.79 Å². The lowest BCUT2D eigenvalue weighted by molar-refractivity contribution is -0.121.